The number of thiazole rings is 1. The molecule has 1 heterocycles. The van der Waals surface area contributed by atoms with Gasteiger partial charge < -0.3 is 5.32 Å². The Morgan fingerprint density at radius 1 is 1.21 bits per heavy atom. The van der Waals surface area contributed by atoms with Crippen molar-refractivity contribution in [1.82, 2.24) is 4.98 Å². The third kappa shape index (κ3) is 2.92. The van der Waals surface area contributed by atoms with Crippen molar-refractivity contribution in [2.45, 2.75) is 57.9 Å². The van der Waals surface area contributed by atoms with Gasteiger partial charge in [-0.05, 0) is 36.5 Å². The number of fused-ring (bicyclic) bond motifs is 1. The highest BCUT2D eigenvalue weighted by molar-refractivity contribution is 7.22. The van der Waals surface area contributed by atoms with Crippen molar-refractivity contribution in [2.24, 2.45) is 0 Å². The van der Waals surface area contributed by atoms with Crippen LogP contribution in [0.3, 0.4) is 0 Å². The number of nitrogens with zero attached hydrogens (tertiary/aromatic N) is 1. The SMILES string of the molecule is CC(C)c1ccc2sc(NC3CCCCC3)nc2c1. The number of nitrogens with one attached hydrogen (secondary N) is 1. The number of anilines is 1. The van der Waals surface area contributed by atoms with Crippen LogP contribution >= 0.6 is 11.3 Å². The minimum absolute atomic E-state index is 0.570. The van der Waals surface area contributed by atoms with Gasteiger partial charge in [0.2, 0.25) is 0 Å². The summed E-state index contributed by atoms with van der Waals surface area (Å²) >= 11 is 1.79. The van der Waals surface area contributed by atoms with E-state index in [0.717, 1.165) is 10.6 Å². The van der Waals surface area contributed by atoms with E-state index in [2.05, 4.69) is 37.4 Å². The lowest BCUT2D eigenvalue weighted by Gasteiger charge is -2.22. The molecule has 1 saturated carbocycles. The van der Waals surface area contributed by atoms with E-state index in [9.17, 15) is 0 Å². The van der Waals surface area contributed by atoms with Gasteiger partial charge in [0.05, 0.1) is 10.2 Å². The smallest absolute Gasteiger partial charge is 0.184 e. The minimum atomic E-state index is 0.570. The molecule has 1 aromatic carbocycles. The molecule has 0 spiro atoms. The Morgan fingerprint density at radius 3 is 2.74 bits per heavy atom. The second-order valence-electron chi connectivity index (χ2n) is 5.88. The van der Waals surface area contributed by atoms with E-state index in [-0.39, 0.29) is 0 Å². The lowest BCUT2D eigenvalue weighted by Crippen LogP contribution is -2.21. The summed E-state index contributed by atoms with van der Waals surface area (Å²) in [6, 6.07) is 7.32. The first-order valence-electron chi connectivity index (χ1n) is 7.39. The van der Waals surface area contributed by atoms with Gasteiger partial charge in [0.15, 0.2) is 5.13 Å². The highest BCUT2D eigenvalue weighted by atomic mass is 32.1. The van der Waals surface area contributed by atoms with Crippen molar-refractivity contribution < 1.29 is 0 Å². The standard InChI is InChI=1S/C16H22N2S/c1-11(2)12-8-9-15-14(10-12)18-16(19-15)17-13-6-4-3-5-7-13/h8-11,13H,3-7H2,1-2H3,(H,17,18). The predicted molar refractivity (Wildman–Crippen MR) is 84.2 cm³/mol. The summed E-state index contributed by atoms with van der Waals surface area (Å²) in [5.74, 6) is 0.570. The Bertz CT molecular complexity index is 553. The highest BCUT2D eigenvalue weighted by Gasteiger charge is 2.15. The minimum Gasteiger partial charge on any atom is -0.359 e. The fourth-order valence-corrected chi connectivity index (χ4v) is 3.71. The number of rotatable bonds is 3. The van der Waals surface area contributed by atoms with Gasteiger partial charge in [0.1, 0.15) is 0 Å². The zero-order chi connectivity index (χ0) is 13.2. The van der Waals surface area contributed by atoms with Gasteiger partial charge in [-0.2, -0.15) is 0 Å². The molecule has 0 aliphatic heterocycles. The molecule has 1 aliphatic rings. The normalized spacial score (nSPS) is 17.2. The topological polar surface area (TPSA) is 24.9 Å². The maximum Gasteiger partial charge on any atom is 0.184 e. The molecule has 1 fully saturated rings. The fraction of sp³-hybridized carbons (Fsp3) is 0.562. The summed E-state index contributed by atoms with van der Waals surface area (Å²) in [5.41, 5.74) is 2.52. The predicted octanol–water partition coefficient (Wildman–Crippen LogP) is 5.16. The monoisotopic (exact) mass is 274 g/mol. The summed E-state index contributed by atoms with van der Waals surface area (Å²) in [4.78, 5) is 4.76. The Hall–Kier alpha value is -1.09. The van der Waals surface area contributed by atoms with E-state index in [1.165, 1.54) is 42.4 Å². The third-order valence-corrected chi connectivity index (χ3v) is 4.98. The molecule has 1 aliphatic carbocycles. The molecule has 3 heteroatoms. The van der Waals surface area contributed by atoms with E-state index in [1.54, 1.807) is 11.3 Å². The first-order valence-corrected chi connectivity index (χ1v) is 8.21. The van der Waals surface area contributed by atoms with Crippen LogP contribution in [-0.2, 0) is 0 Å². The van der Waals surface area contributed by atoms with E-state index >= 15 is 0 Å². The van der Waals surface area contributed by atoms with Crippen LogP contribution in [0.15, 0.2) is 18.2 Å². The molecule has 1 N–H and O–H groups in total. The Kier molecular flexibility index (Phi) is 3.74. The molecule has 2 aromatic rings. The molecule has 0 unspecified atom stereocenters. The fourth-order valence-electron chi connectivity index (χ4n) is 2.79. The van der Waals surface area contributed by atoms with Gasteiger partial charge in [0, 0.05) is 6.04 Å². The maximum atomic E-state index is 4.76. The zero-order valence-electron chi connectivity index (χ0n) is 11.8. The van der Waals surface area contributed by atoms with Crippen LogP contribution in [-0.4, -0.2) is 11.0 Å². The van der Waals surface area contributed by atoms with E-state index in [0.29, 0.717) is 12.0 Å². The number of hydrogen-bond acceptors (Lipinski definition) is 3. The summed E-state index contributed by atoms with van der Waals surface area (Å²) < 4.78 is 1.29. The molecule has 102 valence electrons. The van der Waals surface area contributed by atoms with Crippen LogP contribution in [0.5, 0.6) is 0 Å². The molecule has 2 nitrogen and oxygen atoms in total. The van der Waals surface area contributed by atoms with Crippen LogP contribution in [0.4, 0.5) is 5.13 Å². The third-order valence-electron chi connectivity index (χ3n) is 4.01. The molecule has 0 atom stereocenters. The molecule has 0 saturated heterocycles. The lowest BCUT2D eigenvalue weighted by atomic mass is 9.96. The molecular formula is C16H22N2S. The average molecular weight is 274 g/mol. The average Bonchev–Trinajstić information content (AvgIpc) is 2.80. The van der Waals surface area contributed by atoms with E-state index in [4.69, 9.17) is 4.98 Å². The zero-order valence-corrected chi connectivity index (χ0v) is 12.6. The van der Waals surface area contributed by atoms with Gasteiger partial charge >= 0.3 is 0 Å². The Morgan fingerprint density at radius 2 is 2.00 bits per heavy atom. The molecule has 3 rings (SSSR count). The molecule has 19 heavy (non-hydrogen) atoms. The van der Waals surface area contributed by atoms with Crippen LogP contribution < -0.4 is 5.32 Å². The first-order chi connectivity index (χ1) is 9.22. The number of hydrogen-bond donors (Lipinski definition) is 1. The molecule has 1 aromatic heterocycles. The number of aromatic nitrogens is 1. The van der Waals surface area contributed by atoms with Crippen molar-refractivity contribution in [3.05, 3.63) is 23.8 Å². The van der Waals surface area contributed by atoms with Crippen molar-refractivity contribution in [2.75, 3.05) is 5.32 Å². The quantitative estimate of drug-likeness (QED) is 0.835. The largest absolute Gasteiger partial charge is 0.359 e. The second kappa shape index (κ2) is 5.49. The van der Waals surface area contributed by atoms with Gasteiger partial charge in [-0.25, -0.2) is 4.98 Å². The summed E-state index contributed by atoms with van der Waals surface area (Å²) in [6.45, 7) is 4.46. The van der Waals surface area contributed by atoms with Crippen molar-refractivity contribution in [3.63, 3.8) is 0 Å². The van der Waals surface area contributed by atoms with Gasteiger partial charge in [-0.3, -0.25) is 0 Å². The molecule has 0 bridgehead atoms. The van der Waals surface area contributed by atoms with Crippen LogP contribution in [0.25, 0.3) is 10.2 Å². The Labute approximate surface area is 119 Å². The van der Waals surface area contributed by atoms with Gasteiger partial charge in [-0.15, -0.1) is 0 Å². The van der Waals surface area contributed by atoms with Crippen LogP contribution in [0.1, 0.15) is 57.4 Å². The summed E-state index contributed by atoms with van der Waals surface area (Å²) in [7, 11) is 0. The second-order valence-corrected chi connectivity index (χ2v) is 6.91. The van der Waals surface area contributed by atoms with Crippen LogP contribution in [0.2, 0.25) is 0 Å². The van der Waals surface area contributed by atoms with Crippen LogP contribution in [0, 0.1) is 0 Å². The van der Waals surface area contributed by atoms with Gasteiger partial charge in [-0.1, -0.05) is 50.5 Å². The maximum absolute atomic E-state index is 4.76. The first kappa shape index (κ1) is 12.9. The highest BCUT2D eigenvalue weighted by Crippen LogP contribution is 2.30. The van der Waals surface area contributed by atoms with E-state index < -0.39 is 0 Å². The van der Waals surface area contributed by atoms with E-state index in [1.807, 2.05) is 0 Å². The number of benzene rings is 1. The van der Waals surface area contributed by atoms with Crippen molar-refractivity contribution >= 4 is 26.7 Å². The van der Waals surface area contributed by atoms with Crippen molar-refractivity contribution in [3.8, 4) is 0 Å². The summed E-state index contributed by atoms with van der Waals surface area (Å²) in [6.07, 6.45) is 6.72. The molecule has 0 radical (unpaired) electrons. The molecule has 0 amide bonds. The van der Waals surface area contributed by atoms with Crippen molar-refractivity contribution in [1.29, 1.82) is 0 Å². The lowest BCUT2D eigenvalue weighted by molar-refractivity contribution is 0.462. The van der Waals surface area contributed by atoms with Gasteiger partial charge in [0.25, 0.3) is 0 Å². The molecular weight excluding hydrogens is 252 g/mol. The summed E-state index contributed by atoms with van der Waals surface area (Å²) in [5, 5.41) is 4.73. The Balaban J connectivity index is 1.80.